The van der Waals surface area contributed by atoms with Gasteiger partial charge >= 0.3 is 0 Å². The predicted octanol–water partition coefficient (Wildman–Crippen LogP) is 3.72. The molecule has 0 saturated carbocycles. The van der Waals surface area contributed by atoms with Crippen molar-refractivity contribution in [3.63, 3.8) is 0 Å². The highest BCUT2D eigenvalue weighted by molar-refractivity contribution is 6.25. The molecule has 0 bridgehead atoms. The fraction of sp³-hybridized carbons (Fsp3) is 0.240. The number of amides is 3. The monoisotopic (exact) mass is 416 g/mol. The summed E-state index contributed by atoms with van der Waals surface area (Å²) in [6.07, 6.45) is 0.632. The molecule has 158 valence electrons. The van der Waals surface area contributed by atoms with Gasteiger partial charge in [0.2, 0.25) is 5.91 Å². The zero-order valence-corrected chi connectivity index (χ0v) is 17.4. The molecule has 6 heteroatoms. The highest BCUT2D eigenvalue weighted by Gasteiger charge is 2.32. The van der Waals surface area contributed by atoms with Crippen molar-refractivity contribution in [1.82, 2.24) is 10.2 Å². The van der Waals surface area contributed by atoms with Crippen molar-refractivity contribution in [1.29, 1.82) is 0 Å². The summed E-state index contributed by atoms with van der Waals surface area (Å²) >= 11 is 0. The van der Waals surface area contributed by atoms with Crippen molar-refractivity contribution in [3.05, 3.63) is 77.4 Å². The number of imide groups is 1. The maximum Gasteiger partial charge on any atom is 0.261 e. The summed E-state index contributed by atoms with van der Waals surface area (Å²) in [4.78, 5) is 39.0. The molecule has 6 nitrogen and oxygen atoms in total. The Labute approximate surface area is 180 Å². The molecule has 0 saturated heterocycles. The van der Waals surface area contributed by atoms with E-state index in [0.717, 1.165) is 16.7 Å². The number of hydrogen-bond donors (Lipinski definition) is 1. The van der Waals surface area contributed by atoms with Gasteiger partial charge in [0.1, 0.15) is 12.4 Å². The van der Waals surface area contributed by atoms with Crippen LogP contribution in [0.2, 0.25) is 0 Å². The summed E-state index contributed by atoms with van der Waals surface area (Å²) in [6, 6.07) is 18.6. The summed E-state index contributed by atoms with van der Waals surface area (Å²) < 4.78 is 5.61. The molecule has 3 aromatic carbocycles. The van der Waals surface area contributed by atoms with E-state index >= 15 is 0 Å². The summed E-state index contributed by atoms with van der Waals surface area (Å²) in [5.74, 6) is 0.0291. The van der Waals surface area contributed by atoms with Gasteiger partial charge in [0.05, 0.1) is 6.54 Å². The lowest BCUT2D eigenvalue weighted by atomic mass is 9.94. The SMILES string of the molecule is Cc1cccc(OCCNC(=O)CCCN2C(=O)c3cccc4cccc(c34)C2=O)c1. The van der Waals surface area contributed by atoms with Gasteiger partial charge in [0.25, 0.3) is 11.8 Å². The van der Waals surface area contributed by atoms with Gasteiger partial charge in [-0.1, -0.05) is 36.4 Å². The Morgan fingerprint density at radius 1 is 0.968 bits per heavy atom. The van der Waals surface area contributed by atoms with Crippen LogP contribution in [0.5, 0.6) is 5.75 Å². The van der Waals surface area contributed by atoms with Crippen LogP contribution in [0.4, 0.5) is 0 Å². The molecule has 3 aromatic rings. The van der Waals surface area contributed by atoms with Crippen molar-refractivity contribution in [2.45, 2.75) is 19.8 Å². The molecule has 0 unspecified atom stereocenters. The molecule has 1 N–H and O–H groups in total. The van der Waals surface area contributed by atoms with Crippen molar-refractivity contribution in [3.8, 4) is 5.75 Å². The Morgan fingerprint density at radius 3 is 2.32 bits per heavy atom. The molecule has 1 aliphatic rings. The van der Waals surface area contributed by atoms with E-state index in [2.05, 4.69) is 5.32 Å². The average molecular weight is 416 g/mol. The van der Waals surface area contributed by atoms with E-state index in [1.54, 1.807) is 12.1 Å². The lowest BCUT2D eigenvalue weighted by molar-refractivity contribution is -0.121. The van der Waals surface area contributed by atoms with Gasteiger partial charge in [-0.05, 0) is 48.6 Å². The van der Waals surface area contributed by atoms with Gasteiger partial charge in [-0.15, -0.1) is 0 Å². The van der Waals surface area contributed by atoms with Crippen LogP contribution in [0.1, 0.15) is 39.1 Å². The fourth-order valence-corrected chi connectivity index (χ4v) is 3.83. The van der Waals surface area contributed by atoms with Crippen molar-refractivity contribution in [2.24, 2.45) is 0 Å². The predicted molar refractivity (Wildman–Crippen MR) is 118 cm³/mol. The first-order valence-corrected chi connectivity index (χ1v) is 10.4. The first kappa shape index (κ1) is 20.6. The highest BCUT2D eigenvalue weighted by Crippen LogP contribution is 2.30. The third-order valence-electron chi connectivity index (χ3n) is 5.32. The molecule has 0 fully saturated rings. The van der Waals surface area contributed by atoms with Gasteiger partial charge in [0.15, 0.2) is 0 Å². The van der Waals surface area contributed by atoms with Crippen LogP contribution in [0, 0.1) is 6.92 Å². The molecular weight excluding hydrogens is 392 g/mol. The number of benzene rings is 3. The summed E-state index contributed by atoms with van der Waals surface area (Å²) in [6.45, 7) is 2.96. The molecule has 1 heterocycles. The Hall–Kier alpha value is -3.67. The van der Waals surface area contributed by atoms with Crippen LogP contribution in [0.3, 0.4) is 0 Å². The van der Waals surface area contributed by atoms with Crippen LogP contribution in [0.15, 0.2) is 60.7 Å². The second-order valence-electron chi connectivity index (χ2n) is 7.59. The molecule has 4 rings (SSSR count). The lowest BCUT2D eigenvalue weighted by Gasteiger charge is -2.27. The number of nitrogens with zero attached hydrogens (tertiary/aromatic N) is 1. The third-order valence-corrected chi connectivity index (χ3v) is 5.32. The second-order valence-corrected chi connectivity index (χ2v) is 7.59. The van der Waals surface area contributed by atoms with Gasteiger partial charge in [0, 0.05) is 29.5 Å². The molecular formula is C25H24N2O4. The maximum atomic E-state index is 12.8. The molecule has 0 spiro atoms. The minimum atomic E-state index is -0.304. The van der Waals surface area contributed by atoms with Crippen LogP contribution < -0.4 is 10.1 Å². The van der Waals surface area contributed by atoms with Gasteiger partial charge in [-0.25, -0.2) is 0 Å². The normalized spacial score (nSPS) is 12.9. The second kappa shape index (κ2) is 9.00. The van der Waals surface area contributed by atoms with E-state index in [-0.39, 0.29) is 30.7 Å². The smallest absolute Gasteiger partial charge is 0.261 e. The average Bonchev–Trinajstić information content (AvgIpc) is 2.77. The Kier molecular flexibility index (Phi) is 5.98. The third kappa shape index (κ3) is 4.43. The zero-order chi connectivity index (χ0) is 21.8. The topological polar surface area (TPSA) is 75.7 Å². The molecule has 0 radical (unpaired) electrons. The van der Waals surface area contributed by atoms with Crippen LogP contribution in [-0.2, 0) is 4.79 Å². The van der Waals surface area contributed by atoms with E-state index < -0.39 is 0 Å². The number of carbonyl (C=O) groups excluding carboxylic acids is 3. The van der Waals surface area contributed by atoms with E-state index in [1.165, 1.54) is 4.90 Å². The minimum absolute atomic E-state index is 0.132. The van der Waals surface area contributed by atoms with E-state index in [9.17, 15) is 14.4 Å². The Balaban J connectivity index is 1.26. The summed E-state index contributed by atoms with van der Waals surface area (Å²) in [5, 5.41) is 4.40. The van der Waals surface area contributed by atoms with Gasteiger partial charge < -0.3 is 10.1 Å². The molecule has 1 aliphatic heterocycles. The Morgan fingerprint density at radius 2 is 1.65 bits per heavy atom. The quantitative estimate of drug-likeness (QED) is 0.449. The lowest BCUT2D eigenvalue weighted by Crippen LogP contribution is -2.41. The highest BCUT2D eigenvalue weighted by atomic mass is 16.5. The fourth-order valence-electron chi connectivity index (χ4n) is 3.83. The zero-order valence-electron chi connectivity index (χ0n) is 17.4. The number of ether oxygens (including phenoxy) is 1. The molecule has 31 heavy (non-hydrogen) atoms. The van der Waals surface area contributed by atoms with Crippen LogP contribution >= 0.6 is 0 Å². The van der Waals surface area contributed by atoms with Crippen molar-refractivity contribution < 1.29 is 19.1 Å². The standard InChI is InChI=1S/C25H24N2O4/c1-17-6-2-9-19(16-17)31-15-13-26-22(28)12-5-14-27-24(29)20-10-3-7-18-8-4-11-21(23(18)20)25(27)30/h2-4,6-11,16H,5,12-15H2,1H3,(H,26,28). The van der Waals surface area contributed by atoms with E-state index in [0.29, 0.717) is 36.1 Å². The van der Waals surface area contributed by atoms with Crippen molar-refractivity contribution in [2.75, 3.05) is 19.7 Å². The van der Waals surface area contributed by atoms with E-state index in [1.807, 2.05) is 55.5 Å². The summed E-state index contributed by atoms with van der Waals surface area (Å²) in [7, 11) is 0. The number of carbonyl (C=O) groups is 3. The van der Waals surface area contributed by atoms with E-state index in [4.69, 9.17) is 4.74 Å². The molecule has 3 amide bonds. The Bertz CT molecular complexity index is 1100. The molecule has 0 aliphatic carbocycles. The first-order valence-electron chi connectivity index (χ1n) is 10.4. The van der Waals surface area contributed by atoms with Crippen LogP contribution in [-0.4, -0.2) is 42.3 Å². The summed E-state index contributed by atoms with van der Waals surface area (Å²) in [5.41, 5.74) is 2.18. The largest absolute Gasteiger partial charge is 0.492 e. The van der Waals surface area contributed by atoms with Gasteiger partial charge in [-0.2, -0.15) is 0 Å². The first-order chi connectivity index (χ1) is 15.0. The maximum absolute atomic E-state index is 12.8. The molecule has 0 aromatic heterocycles. The molecule has 0 atom stereocenters. The number of nitrogens with one attached hydrogen (secondary N) is 1. The number of hydrogen-bond acceptors (Lipinski definition) is 4. The van der Waals surface area contributed by atoms with Crippen molar-refractivity contribution >= 4 is 28.5 Å². The minimum Gasteiger partial charge on any atom is -0.492 e. The van der Waals surface area contributed by atoms with Gasteiger partial charge in [-0.3, -0.25) is 19.3 Å². The number of aryl methyl sites for hydroxylation is 1. The van der Waals surface area contributed by atoms with Crippen LogP contribution in [0.25, 0.3) is 10.8 Å². The number of rotatable bonds is 8.